The third-order valence-electron chi connectivity index (χ3n) is 5.06. The van der Waals surface area contributed by atoms with Gasteiger partial charge in [0.15, 0.2) is 11.5 Å². The fourth-order valence-corrected chi connectivity index (χ4v) is 3.84. The predicted octanol–water partition coefficient (Wildman–Crippen LogP) is 1.60. The first-order valence-corrected chi connectivity index (χ1v) is 8.23. The minimum atomic E-state index is -0.350. The lowest BCUT2D eigenvalue weighted by Crippen LogP contribution is -2.73. The lowest BCUT2D eigenvalue weighted by Gasteiger charge is -2.52. The molecule has 0 radical (unpaired) electrons. The summed E-state index contributed by atoms with van der Waals surface area (Å²) in [5, 5.41) is 3.09. The van der Waals surface area contributed by atoms with Gasteiger partial charge in [0.2, 0.25) is 6.79 Å². The molecule has 3 heterocycles. The largest absolute Gasteiger partial charge is 0.454 e. The molecule has 25 heavy (non-hydrogen) atoms. The molecule has 5 rings (SSSR count). The van der Waals surface area contributed by atoms with Crippen LogP contribution in [-0.2, 0) is 6.42 Å². The SMILES string of the molecule is O=C1NC2(Cc3ccccc31)CN(C(=O)c1ccc3c(c1)OCO3)C2. The normalized spacial score (nSPS) is 19.2. The highest BCUT2D eigenvalue weighted by Crippen LogP contribution is 2.35. The van der Waals surface area contributed by atoms with Gasteiger partial charge in [-0.2, -0.15) is 0 Å². The van der Waals surface area contributed by atoms with E-state index in [1.54, 1.807) is 23.1 Å². The van der Waals surface area contributed by atoms with Gasteiger partial charge >= 0.3 is 0 Å². The molecule has 2 aromatic carbocycles. The standard InChI is InChI=1S/C19H16N2O4/c22-17-14-4-2-1-3-13(14)8-19(20-17)9-21(10-19)18(23)12-5-6-15-16(7-12)25-11-24-15/h1-7H,8-11H2,(H,20,22). The molecule has 1 spiro atoms. The molecule has 6 nitrogen and oxygen atoms in total. The highest BCUT2D eigenvalue weighted by molar-refractivity contribution is 5.99. The number of benzene rings is 2. The molecule has 0 bridgehead atoms. The smallest absolute Gasteiger partial charge is 0.254 e. The van der Waals surface area contributed by atoms with Crippen molar-refractivity contribution in [1.82, 2.24) is 10.2 Å². The number of nitrogens with one attached hydrogen (secondary N) is 1. The molecule has 0 unspecified atom stereocenters. The first-order chi connectivity index (χ1) is 12.1. The highest BCUT2D eigenvalue weighted by atomic mass is 16.7. The number of hydrogen-bond donors (Lipinski definition) is 1. The molecule has 3 aliphatic heterocycles. The molecule has 2 aromatic rings. The van der Waals surface area contributed by atoms with Crippen molar-refractivity contribution in [1.29, 1.82) is 0 Å². The third-order valence-corrected chi connectivity index (χ3v) is 5.06. The van der Waals surface area contributed by atoms with E-state index in [0.717, 1.165) is 17.5 Å². The van der Waals surface area contributed by atoms with Crippen LogP contribution in [0, 0.1) is 0 Å². The topological polar surface area (TPSA) is 67.9 Å². The summed E-state index contributed by atoms with van der Waals surface area (Å²) in [4.78, 5) is 26.8. The number of likely N-dealkylation sites (tertiary alicyclic amines) is 1. The number of carbonyl (C=O) groups is 2. The number of hydrogen-bond acceptors (Lipinski definition) is 4. The van der Waals surface area contributed by atoms with Gasteiger partial charge in [-0.25, -0.2) is 0 Å². The molecule has 1 saturated heterocycles. The Morgan fingerprint density at radius 2 is 1.88 bits per heavy atom. The number of nitrogens with zero attached hydrogens (tertiary/aromatic N) is 1. The molecule has 0 saturated carbocycles. The lowest BCUT2D eigenvalue weighted by atomic mass is 9.78. The van der Waals surface area contributed by atoms with Crippen LogP contribution in [0.5, 0.6) is 11.5 Å². The summed E-state index contributed by atoms with van der Waals surface area (Å²) in [5.41, 5.74) is 1.99. The molecule has 3 aliphatic rings. The molecule has 1 N–H and O–H groups in total. The van der Waals surface area contributed by atoms with Crippen molar-refractivity contribution < 1.29 is 19.1 Å². The van der Waals surface area contributed by atoms with Crippen molar-refractivity contribution in [2.75, 3.05) is 19.9 Å². The van der Waals surface area contributed by atoms with Crippen molar-refractivity contribution >= 4 is 11.8 Å². The number of ether oxygens (including phenoxy) is 2. The second-order valence-corrected chi connectivity index (χ2v) is 6.80. The van der Waals surface area contributed by atoms with Crippen LogP contribution in [0.1, 0.15) is 26.3 Å². The fraction of sp³-hybridized carbons (Fsp3) is 0.263. The first kappa shape index (κ1) is 14.3. The molecule has 0 aliphatic carbocycles. The van der Waals surface area contributed by atoms with Crippen LogP contribution in [0.4, 0.5) is 0 Å². The summed E-state index contributed by atoms with van der Waals surface area (Å²) in [7, 11) is 0. The Morgan fingerprint density at radius 1 is 1.08 bits per heavy atom. The van der Waals surface area contributed by atoms with Gasteiger partial charge in [0.05, 0.1) is 5.54 Å². The molecule has 6 heteroatoms. The average Bonchev–Trinajstić information content (AvgIpc) is 3.06. The van der Waals surface area contributed by atoms with E-state index in [1.165, 1.54) is 0 Å². The van der Waals surface area contributed by atoms with Gasteiger partial charge in [0, 0.05) is 24.2 Å². The van der Waals surface area contributed by atoms with E-state index in [0.29, 0.717) is 30.2 Å². The van der Waals surface area contributed by atoms with Gasteiger partial charge in [0.1, 0.15) is 0 Å². The zero-order valence-electron chi connectivity index (χ0n) is 13.5. The van der Waals surface area contributed by atoms with Crippen molar-refractivity contribution in [3.05, 3.63) is 59.2 Å². The van der Waals surface area contributed by atoms with Crippen LogP contribution < -0.4 is 14.8 Å². The summed E-state index contributed by atoms with van der Waals surface area (Å²) < 4.78 is 10.6. The van der Waals surface area contributed by atoms with Gasteiger partial charge in [-0.15, -0.1) is 0 Å². The summed E-state index contributed by atoms with van der Waals surface area (Å²) in [6, 6.07) is 12.8. The Balaban J connectivity index is 1.33. The van der Waals surface area contributed by atoms with Crippen LogP contribution in [-0.4, -0.2) is 42.1 Å². The van der Waals surface area contributed by atoms with E-state index in [-0.39, 0.29) is 24.1 Å². The summed E-state index contributed by atoms with van der Waals surface area (Å²) in [6.07, 6.45) is 0.750. The maximum Gasteiger partial charge on any atom is 0.254 e. The van der Waals surface area contributed by atoms with Crippen LogP contribution in [0.2, 0.25) is 0 Å². The monoisotopic (exact) mass is 336 g/mol. The molecule has 1 fully saturated rings. The number of rotatable bonds is 1. The van der Waals surface area contributed by atoms with Crippen LogP contribution in [0.3, 0.4) is 0 Å². The van der Waals surface area contributed by atoms with E-state index in [1.807, 2.05) is 24.3 Å². The average molecular weight is 336 g/mol. The molecule has 126 valence electrons. The zero-order valence-corrected chi connectivity index (χ0v) is 13.5. The Morgan fingerprint density at radius 3 is 2.76 bits per heavy atom. The lowest BCUT2D eigenvalue weighted by molar-refractivity contribution is 0.0253. The summed E-state index contributed by atoms with van der Waals surface area (Å²) in [6.45, 7) is 1.21. The minimum Gasteiger partial charge on any atom is -0.454 e. The first-order valence-electron chi connectivity index (χ1n) is 8.23. The van der Waals surface area contributed by atoms with Crippen molar-refractivity contribution in [3.8, 4) is 11.5 Å². The minimum absolute atomic E-state index is 0.0583. The van der Waals surface area contributed by atoms with Gasteiger partial charge in [-0.3, -0.25) is 9.59 Å². The van der Waals surface area contributed by atoms with Crippen molar-refractivity contribution in [2.45, 2.75) is 12.0 Å². The Labute approximate surface area is 144 Å². The van der Waals surface area contributed by atoms with E-state index in [4.69, 9.17) is 9.47 Å². The number of amides is 2. The van der Waals surface area contributed by atoms with E-state index in [2.05, 4.69) is 5.32 Å². The van der Waals surface area contributed by atoms with Crippen LogP contribution in [0.15, 0.2) is 42.5 Å². The zero-order chi connectivity index (χ0) is 17.0. The quantitative estimate of drug-likeness (QED) is 0.859. The molecule has 2 amide bonds. The highest BCUT2D eigenvalue weighted by Gasteiger charge is 2.49. The van der Waals surface area contributed by atoms with Gasteiger partial charge in [0.25, 0.3) is 11.8 Å². The van der Waals surface area contributed by atoms with Gasteiger partial charge in [-0.05, 0) is 36.2 Å². The Hall–Kier alpha value is -3.02. The molecule has 0 atom stereocenters. The maximum atomic E-state index is 12.7. The Bertz CT molecular complexity index is 902. The van der Waals surface area contributed by atoms with Crippen molar-refractivity contribution in [2.24, 2.45) is 0 Å². The molecular weight excluding hydrogens is 320 g/mol. The number of carbonyl (C=O) groups excluding carboxylic acids is 2. The van der Waals surface area contributed by atoms with Gasteiger partial charge in [-0.1, -0.05) is 18.2 Å². The summed E-state index contributed by atoms with van der Waals surface area (Å²) >= 11 is 0. The second kappa shape index (κ2) is 4.99. The van der Waals surface area contributed by atoms with Crippen molar-refractivity contribution in [3.63, 3.8) is 0 Å². The fourth-order valence-electron chi connectivity index (χ4n) is 3.84. The maximum absolute atomic E-state index is 12.7. The van der Waals surface area contributed by atoms with Gasteiger partial charge < -0.3 is 19.7 Å². The number of fused-ring (bicyclic) bond motifs is 2. The molecular formula is C19H16N2O4. The van der Waals surface area contributed by atoms with Crippen LogP contribution >= 0.6 is 0 Å². The Kier molecular flexibility index (Phi) is 2.86. The van der Waals surface area contributed by atoms with E-state index in [9.17, 15) is 9.59 Å². The molecule has 0 aromatic heterocycles. The van der Waals surface area contributed by atoms with E-state index >= 15 is 0 Å². The predicted molar refractivity (Wildman–Crippen MR) is 88.8 cm³/mol. The van der Waals surface area contributed by atoms with Crippen LogP contribution in [0.25, 0.3) is 0 Å². The third kappa shape index (κ3) is 2.17. The summed E-state index contributed by atoms with van der Waals surface area (Å²) in [5.74, 6) is 1.14. The second-order valence-electron chi connectivity index (χ2n) is 6.80. The van der Waals surface area contributed by atoms with E-state index < -0.39 is 0 Å².